The molecule has 2 aliphatic heterocycles. The molecule has 2 amide bonds. The maximum absolute atomic E-state index is 14.0. The van der Waals surface area contributed by atoms with Crippen molar-refractivity contribution in [2.45, 2.75) is 51.0 Å². The molecule has 0 radical (unpaired) electrons. The van der Waals surface area contributed by atoms with Crippen molar-refractivity contribution in [2.75, 3.05) is 0 Å². The van der Waals surface area contributed by atoms with Crippen LogP contribution < -0.4 is 0 Å². The van der Waals surface area contributed by atoms with Gasteiger partial charge in [0.15, 0.2) is 17.4 Å². The Bertz CT molecular complexity index is 1040. The number of halogens is 1. The lowest BCUT2D eigenvalue weighted by Gasteiger charge is -2.44. The molecule has 32 heavy (non-hydrogen) atoms. The molecule has 1 aromatic heterocycles. The Morgan fingerprint density at radius 3 is 2.75 bits per heavy atom. The molecule has 0 bridgehead atoms. The summed E-state index contributed by atoms with van der Waals surface area (Å²) in [5.41, 5.74) is 0.502. The molecule has 0 spiro atoms. The second-order valence-corrected chi connectivity index (χ2v) is 10.1. The van der Waals surface area contributed by atoms with E-state index in [9.17, 15) is 24.2 Å². The van der Waals surface area contributed by atoms with E-state index in [0.717, 1.165) is 11.3 Å². The minimum atomic E-state index is -1.55. The van der Waals surface area contributed by atoms with Crippen LogP contribution in [0.15, 0.2) is 35.7 Å². The third-order valence-corrected chi connectivity index (χ3v) is 8.19. The van der Waals surface area contributed by atoms with Gasteiger partial charge >= 0.3 is 0 Å². The molecule has 3 heterocycles. The first-order valence-electron chi connectivity index (χ1n) is 11.1. The van der Waals surface area contributed by atoms with Gasteiger partial charge in [-0.1, -0.05) is 25.5 Å². The fourth-order valence-corrected chi connectivity index (χ4v) is 6.56. The largest absolute Gasteiger partial charge is 0.505 e. The predicted octanol–water partition coefficient (Wildman–Crippen LogP) is 3.98. The second kappa shape index (κ2) is 7.93. The number of aliphatic hydroxyl groups is 1. The van der Waals surface area contributed by atoms with Crippen molar-refractivity contribution in [3.63, 3.8) is 0 Å². The molecule has 1 aromatic carbocycles. The minimum absolute atomic E-state index is 0.171. The number of phenolic OH excluding ortho intramolecular Hbond substituents is 1. The first-order chi connectivity index (χ1) is 15.3. The number of carbonyl (C=O) groups is 2. The number of likely N-dealkylation sites (tertiary alicyclic amines) is 1. The Morgan fingerprint density at radius 1 is 1.25 bits per heavy atom. The molecule has 2 saturated heterocycles. The number of ether oxygens (including phenoxy) is 1. The summed E-state index contributed by atoms with van der Waals surface area (Å²) in [4.78, 5) is 29.0. The van der Waals surface area contributed by atoms with Crippen molar-refractivity contribution in [1.82, 2.24) is 4.90 Å². The summed E-state index contributed by atoms with van der Waals surface area (Å²) in [6, 6.07) is 7.83. The van der Waals surface area contributed by atoms with Gasteiger partial charge in [0, 0.05) is 16.7 Å². The lowest BCUT2D eigenvalue weighted by molar-refractivity contribution is -0.270. The molecule has 6 atom stereocenters. The first-order valence-corrected chi connectivity index (χ1v) is 12.0. The fourth-order valence-electron chi connectivity index (χ4n) is 5.87. The number of aromatic hydroxyl groups is 1. The minimum Gasteiger partial charge on any atom is -0.505 e. The molecule has 1 aliphatic carbocycles. The van der Waals surface area contributed by atoms with Crippen LogP contribution in [0.1, 0.15) is 49.2 Å². The fraction of sp³-hybridized carbons (Fsp3) is 0.500. The molecule has 1 saturated carbocycles. The summed E-state index contributed by atoms with van der Waals surface area (Å²) < 4.78 is 20.1. The van der Waals surface area contributed by atoms with Crippen LogP contribution in [-0.4, -0.2) is 32.7 Å². The molecular weight excluding hydrogens is 433 g/mol. The highest BCUT2D eigenvalue weighted by Crippen LogP contribution is 2.59. The molecule has 2 N–H and O–H groups in total. The number of carbonyl (C=O) groups excluding carboxylic acids is 2. The normalized spacial score (nSPS) is 34.1. The lowest BCUT2D eigenvalue weighted by Crippen LogP contribution is -2.53. The van der Waals surface area contributed by atoms with Crippen LogP contribution in [0.25, 0.3) is 0 Å². The van der Waals surface area contributed by atoms with E-state index in [1.165, 1.54) is 28.4 Å². The molecule has 3 fully saturated rings. The molecule has 0 unspecified atom stereocenters. The van der Waals surface area contributed by atoms with Crippen molar-refractivity contribution in [3.8, 4) is 5.75 Å². The average molecular weight is 460 g/mol. The predicted molar refractivity (Wildman–Crippen MR) is 115 cm³/mol. The van der Waals surface area contributed by atoms with E-state index in [2.05, 4.69) is 0 Å². The summed E-state index contributed by atoms with van der Waals surface area (Å²) in [6.07, 6.45) is 1.56. The molecule has 2 aromatic rings. The number of benzene rings is 1. The maximum atomic E-state index is 14.0. The third kappa shape index (κ3) is 3.27. The van der Waals surface area contributed by atoms with Crippen LogP contribution in [0.5, 0.6) is 5.75 Å². The zero-order valence-corrected chi connectivity index (χ0v) is 18.6. The average Bonchev–Trinajstić information content (AvgIpc) is 3.45. The quantitative estimate of drug-likeness (QED) is 0.661. The van der Waals surface area contributed by atoms with Gasteiger partial charge in [0.25, 0.3) is 0 Å². The van der Waals surface area contributed by atoms with Crippen molar-refractivity contribution in [1.29, 1.82) is 0 Å². The Balaban J connectivity index is 1.48. The number of imide groups is 1. The molecule has 3 aliphatic rings. The molecule has 5 rings (SSSR count). The zero-order valence-electron chi connectivity index (χ0n) is 17.7. The van der Waals surface area contributed by atoms with Gasteiger partial charge in [0.05, 0.1) is 24.5 Å². The highest BCUT2D eigenvalue weighted by molar-refractivity contribution is 7.09. The van der Waals surface area contributed by atoms with Crippen LogP contribution in [0, 0.1) is 29.5 Å². The van der Waals surface area contributed by atoms with Gasteiger partial charge in [-0.05, 0) is 48.4 Å². The molecule has 6 nitrogen and oxygen atoms in total. The molecule has 170 valence electrons. The van der Waals surface area contributed by atoms with Gasteiger partial charge in [-0.25, -0.2) is 4.39 Å². The first kappa shape index (κ1) is 21.6. The number of fused-ring (bicyclic) bond motifs is 3. The molecular formula is C24H26FNO5S. The van der Waals surface area contributed by atoms with Gasteiger partial charge in [0.1, 0.15) is 0 Å². The number of hydrogen-bond donors (Lipinski definition) is 2. The SMILES string of the molecule is CCC[C@H]1C[C@@H]2C(=O)N(Cc3cccs3)C(=O)[C@@H]2[C@@H]2C[C@@H](c3ccc(O)c(F)c3)O[C@]12O. The van der Waals surface area contributed by atoms with Crippen LogP contribution in [0.2, 0.25) is 0 Å². The van der Waals surface area contributed by atoms with E-state index >= 15 is 0 Å². The Kier molecular flexibility index (Phi) is 5.34. The van der Waals surface area contributed by atoms with Crippen molar-refractivity contribution in [2.24, 2.45) is 23.7 Å². The van der Waals surface area contributed by atoms with E-state index in [1.807, 2.05) is 24.4 Å². The van der Waals surface area contributed by atoms with E-state index in [-0.39, 0.29) is 24.3 Å². The van der Waals surface area contributed by atoms with E-state index in [1.54, 1.807) is 6.07 Å². The Hall–Kier alpha value is -2.29. The zero-order chi connectivity index (χ0) is 22.6. The summed E-state index contributed by atoms with van der Waals surface area (Å²) in [5.74, 6) is -5.14. The lowest BCUT2D eigenvalue weighted by atomic mass is 9.63. The number of phenols is 1. The topological polar surface area (TPSA) is 87.1 Å². The number of amides is 2. The van der Waals surface area contributed by atoms with Crippen LogP contribution in [0.3, 0.4) is 0 Å². The second-order valence-electron chi connectivity index (χ2n) is 9.11. The number of rotatable bonds is 5. The summed E-state index contributed by atoms with van der Waals surface area (Å²) in [7, 11) is 0. The van der Waals surface area contributed by atoms with Gasteiger partial charge in [-0.3, -0.25) is 14.5 Å². The van der Waals surface area contributed by atoms with Crippen molar-refractivity contribution in [3.05, 3.63) is 52.0 Å². The Labute approximate surface area is 189 Å². The van der Waals surface area contributed by atoms with Gasteiger partial charge in [0.2, 0.25) is 11.8 Å². The van der Waals surface area contributed by atoms with Gasteiger partial charge in [-0.15, -0.1) is 11.3 Å². The van der Waals surface area contributed by atoms with E-state index in [0.29, 0.717) is 24.8 Å². The van der Waals surface area contributed by atoms with Gasteiger partial charge in [-0.2, -0.15) is 0 Å². The van der Waals surface area contributed by atoms with E-state index in [4.69, 9.17) is 4.74 Å². The number of nitrogens with zero attached hydrogens (tertiary/aromatic N) is 1. The maximum Gasteiger partial charge on any atom is 0.233 e. The molecule has 8 heteroatoms. The van der Waals surface area contributed by atoms with Crippen molar-refractivity contribution < 1.29 is 28.9 Å². The monoisotopic (exact) mass is 459 g/mol. The number of thiophene rings is 1. The van der Waals surface area contributed by atoms with Gasteiger partial charge < -0.3 is 14.9 Å². The third-order valence-electron chi connectivity index (χ3n) is 7.33. The summed E-state index contributed by atoms with van der Waals surface area (Å²) >= 11 is 1.50. The number of hydrogen-bond acceptors (Lipinski definition) is 6. The van der Waals surface area contributed by atoms with Crippen LogP contribution in [-0.2, 0) is 20.9 Å². The van der Waals surface area contributed by atoms with Crippen molar-refractivity contribution >= 4 is 23.2 Å². The van der Waals surface area contributed by atoms with E-state index < -0.39 is 41.2 Å². The van der Waals surface area contributed by atoms with Crippen LogP contribution in [0.4, 0.5) is 4.39 Å². The highest BCUT2D eigenvalue weighted by atomic mass is 32.1. The standard InChI is InChI=1S/C24H26FNO5S/c1-2-4-14-10-16-21(23(29)26(22(16)28)12-15-5-3-8-32-15)17-11-20(31-24(14,17)30)13-6-7-19(27)18(25)9-13/h3,5-9,14,16-17,20-21,27,30H,2,4,10-12H2,1H3/t14-,16-,17-,20-,21-,24+/m0/s1. The smallest absolute Gasteiger partial charge is 0.233 e. The Morgan fingerprint density at radius 2 is 2.06 bits per heavy atom. The van der Waals surface area contributed by atoms with Crippen LogP contribution >= 0.6 is 11.3 Å². The summed E-state index contributed by atoms with van der Waals surface area (Å²) in [5, 5.41) is 23.1. The highest BCUT2D eigenvalue weighted by Gasteiger charge is 2.66. The summed E-state index contributed by atoms with van der Waals surface area (Å²) in [6.45, 7) is 2.26.